The van der Waals surface area contributed by atoms with Gasteiger partial charge in [0, 0.05) is 24.6 Å². The van der Waals surface area contributed by atoms with Gasteiger partial charge in [-0.15, -0.1) is 0 Å². The Bertz CT molecular complexity index is 1130. The molecule has 0 amide bonds. The van der Waals surface area contributed by atoms with Gasteiger partial charge < -0.3 is 15.3 Å². The van der Waals surface area contributed by atoms with Crippen LogP contribution in [0.2, 0.25) is 5.02 Å². The van der Waals surface area contributed by atoms with Crippen LogP contribution in [0.5, 0.6) is 0 Å². The van der Waals surface area contributed by atoms with Crippen molar-refractivity contribution in [1.82, 2.24) is 15.0 Å². The molecule has 2 aromatic rings. The van der Waals surface area contributed by atoms with E-state index in [0.717, 1.165) is 24.8 Å². The predicted molar refractivity (Wildman–Crippen MR) is 122 cm³/mol. The summed E-state index contributed by atoms with van der Waals surface area (Å²) in [6.07, 6.45) is 5.37. The molecule has 174 valence electrons. The smallest absolute Gasteiger partial charge is 0.227 e. The van der Waals surface area contributed by atoms with E-state index >= 15 is 4.39 Å². The van der Waals surface area contributed by atoms with Crippen LogP contribution in [-0.4, -0.2) is 55.0 Å². The fourth-order valence-corrected chi connectivity index (χ4v) is 6.43. The largest absolute Gasteiger partial charge is 0.394 e. The number of aliphatic hydroxyl groups excluding tert-OH is 1. The molecule has 0 spiro atoms. The highest BCUT2D eigenvalue weighted by Crippen LogP contribution is 2.42. The molecule has 3 aliphatic rings. The summed E-state index contributed by atoms with van der Waals surface area (Å²) in [6, 6.07) is 2.26. The van der Waals surface area contributed by atoms with Gasteiger partial charge in [-0.25, -0.2) is 19.3 Å². The number of pyridine rings is 1. The van der Waals surface area contributed by atoms with Crippen molar-refractivity contribution in [3.63, 3.8) is 0 Å². The molecule has 1 saturated heterocycles. The number of nitrogens with zero attached hydrogens (tertiary/aromatic N) is 5. The molecule has 3 atom stereocenters. The zero-order valence-electron chi connectivity index (χ0n) is 17.9. The van der Waals surface area contributed by atoms with Gasteiger partial charge in [0.05, 0.1) is 56.5 Å². The van der Waals surface area contributed by atoms with E-state index in [1.165, 1.54) is 17.3 Å². The zero-order chi connectivity index (χ0) is 23.2. The summed E-state index contributed by atoms with van der Waals surface area (Å²) in [5.41, 5.74) is 1.23. The van der Waals surface area contributed by atoms with E-state index in [0.29, 0.717) is 52.1 Å². The molecule has 8 nitrogen and oxygen atoms in total. The maximum absolute atomic E-state index is 15.2. The minimum atomic E-state index is -1.34. The third-order valence-electron chi connectivity index (χ3n) is 6.94. The van der Waals surface area contributed by atoms with Crippen LogP contribution in [0.15, 0.2) is 17.3 Å². The third kappa shape index (κ3) is 3.96. The number of fused-ring (bicyclic) bond motifs is 1. The molecule has 0 aromatic carbocycles. The molecular formula is C22H24ClFN6O2S. The van der Waals surface area contributed by atoms with Gasteiger partial charge in [0.15, 0.2) is 6.30 Å². The van der Waals surface area contributed by atoms with Crippen molar-refractivity contribution in [2.45, 2.75) is 61.2 Å². The standard InChI is InChI=1S/C22H24ClFN6O2S/c23-14-10-26-21(27-11-14)30-6-2-13(8-17(30)24)18-16(9-25)15-3-7-33(32)19(15)20(28-18)29-22(12-31)4-1-5-22/h10-11,13,17,31H,1-8,12H2,(H,28,29)/t13?,17?,33-/m0/s1. The van der Waals surface area contributed by atoms with Crippen molar-refractivity contribution < 1.29 is 13.7 Å². The summed E-state index contributed by atoms with van der Waals surface area (Å²) in [5.74, 6) is 0.918. The lowest BCUT2D eigenvalue weighted by atomic mass is 9.77. The second-order valence-corrected chi connectivity index (χ2v) is 10.9. The number of piperidine rings is 1. The maximum Gasteiger partial charge on any atom is 0.227 e. The first-order valence-corrected chi connectivity index (χ1v) is 12.8. The van der Waals surface area contributed by atoms with Crippen LogP contribution in [-0.2, 0) is 17.2 Å². The number of halogens is 2. The van der Waals surface area contributed by atoms with E-state index in [1.54, 1.807) is 0 Å². The van der Waals surface area contributed by atoms with Gasteiger partial charge >= 0.3 is 0 Å². The van der Waals surface area contributed by atoms with Crippen LogP contribution < -0.4 is 10.2 Å². The van der Waals surface area contributed by atoms with Crippen molar-refractivity contribution in [2.24, 2.45) is 0 Å². The SMILES string of the molecule is N#Cc1c(C2CCN(c3ncc(Cl)cn3)C(F)C2)nc(NC2(CO)CCC2)c2c1CC[S@@]2=O. The molecule has 2 N–H and O–H groups in total. The van der Waals surface area contributed by atoms with E-state index in [2.05, 4.69) is 21.4 Å². The van der Waals surface area contributed by atoms with Crippen LogP contribution in [0.1, 0.15) is 54.8 Å². The van der Waals surface area contributed by atoms with Crippen molar-refractivity contribution in [3.8, 4) is 6.07 Å². The van der Waals surface area contributed by atoms with E-state index in [-0.39, 0.29) is 24.9 Å². The molecular weight excluding hydrogens is 467 g/mol. The Morgan fingerprint density at radius 1 is 1.39 bits per heavy atom. The highest BCUT2D eigenvalue weighted by Gasteiger charge is 2.40. The average molecular weight is 491 g/mol. The molecule has 0 bridgehead atoms. The van der Waals surface area contributed by atoms with Gasteiger partial charge in [0.1, 0.15) is 11.9 Å². The summed E-state index contributed by atoms with van der Waals surface area (Å²) in [7, 11) is -1.26. The van der Waals surface area contributed by atoms with Crippen molar-refractivity contribution in [1.29, 1.82) is 5.26 Å². The highest BCUT2D eigenvalue weighted by atomic mass is 35.5. The summed E-state index contributed by atoms with van der Waals surface area (Å²) in [4.78, 5) is 15.1. The highest BCUT2D eigenvalue weighted by molar-refractivity contribution is 7.85. The van der Waals surface area contributed by atoms with Gasteiger partial charge in [-0.05, 0) is 37.7 Å². The molecule has 33 heavy (non-hydrogen) atoms. The third-order valence-corrected chi connectivity index (χ3v) is 8.60. The lowest BCUT2D eigenvalue weighted by molar-refractivity contribution is 0.143. The average Bonchev–Trinajstić information content (AvgIpc) is 3.18. The van der Waals surface area contributed by atoms with Crippen LogP contribution in [0, 0.1) is 11.3 Å². The van der Waals surface area contributed by atoms with Crippen molar-refractivity contribution in [2.75, 3.05) is 29.1 Å². The normalized spacial score (nSPS) is 25.8. The number of anilines is 2. The molecule has 2 aliphatic heterocycles. The van der Waals surface area contributed by atoms with Gasteiger partial charge in [0.25, 0.3) is 0 Å². The summed E-state index contributed by atoms with van der Waals surface area (Å²) in [5, 5.41) is 23.6. The van der Waals surface area contributed by atoms with Gasteiger partial charge in [-0.2, -0.15) is 5.26 Å². The van der Waals surface area contributed by atoms with E-state index in [1.807, 2.05) is 0 Å². The molecule has 4 heterocycles. The number of nitrogens with one attached hydrogen (secondary N) is 1. The van der Waals surface area contributed by atoms with Gasteiger partial charge in [-0.1, -0.05) is 11.6 Å². The molecule has 2 fully saturated rings. The van der Waals surface area contributed by atoms with Gasteiger partial charge in [-0.3, -0.25) is 4.21 Å². The molecule has 2 aromatic heterocycles. The van der Waals surface area contributed by atoms with E-state index in [4.69, 9.17) is 16.6 Å². The molecule has 5 rings (SSSR count). The number of rotatable bonds is 5. The van der Waals surface area contributed by atoms with Crippen LogP contribution in [0.25, 0.3) is 0 Å². The minimum Gasteiger partial charge on any atom is -0.394 e. The summed E-state index contributed by atoms with van der Waals surface area (Å²) < 4.78 is 28.0. The van der Waals surface area contributed by atoms with E-state index in [9.17, 15) is 14.6 Å². The van der Waals surface area contributed by atoms with Crippen molar-refractivity contribution in [3.05, 3.63) is 34.2 Å². The predicted octanol–water partition coefficient (Wildman–Crippen LogP) is 3.07. The molecule has 1 saturated carbocycles. The number of hydrogen-bond donors (Lipinski definition) is 2. The Kier molecular flexibility index (Phi) is 5.97. The van der Waals surface area contributed by atoms with Crippen LogP contribution in [0.4, 0.5) is 16.2 Å². The topological polar surface area (TPSA) is 115 Å². The maximum atomic E-state index is 15.2. The molecule has 1 aliphatic carbocycles. The Morgan fingerprint density at radius 2 is 2.15 bits per heavy atom. The first kappa shape index (κ1) is 22.4. The molecule has 2 unspecified atom stereocenters. The Morgan fingerprint density at radius 3 is 2.76 bits per heavy atom. The zero-order valence-corrected chi connectivity index (χ0v) is 19.5. The Hall–Kier alpha value is -2.35. The first-order chi connectivity index (χ1) is 15.9. The summed E-state index contributed by atoms with van der Waals surface area (Å²) in [6.45, 7) is 0.323. The number of aliphatic hydroxyl groups is 1. The quantitative estimate of drug-likeness (QED) is 0.614. The number of hydrogen-bond acceptors (Lipinski definition) is 8. The van der Waals surface area contributed by atoms with Crippen LogP contribution in [0.3, 0.4) is 0 Å². The first-order valence-electron chi connectivity index (χ1n) is 11.1. The van der Waals surface area contributed by atoms with Crippen LogP contribution >= 0.6 is 11.6 Å². The van der Waals surface area contributed by atoms with E-state index < -0.39 is 22.6 Å². The van der Waals surface area contributed by atoms with Crippen molar-refractivity contribution >= 4 is 34.2 Å². The molecule has 11 heteroatoms. The van der Waals surface area contributed by atoms with Gasteiger partial charge in [0.2, 0.25) is 5.95 Å². The lowest BCUT2D eigenvalue weighted by Crippen LogP contribution is -2.48. The monoisotopic (exact) mass is 490 g/mol. The second kappa shape index (κ2) is 8.78. The minimum absolute atomic E-state index is 0.0442. The number of nitriles is 1. The Labute approximate surface area is 198 Å². The fourth-order valence-electron chi connectivity index (χ4n) is 4.94. The fraction of sp³-hybridized carbons (Fsp3) is 0.545. The second-order valence-electron chi connectivity index (χ2n) is 8.91. The lowest BCUT2D eigenvalue weighted by Gasteiger charge is -2.42. The summed E-state index contributed by atoms with van der Waals surface area (Å²) >= 11 is 5.85. The number of alkyl halides is 1. The number of aromatic nitrogens is 3. The Balaban J connectivity index is 1.48. The molecule has 0 radical (unpaired) electrons.